The highest BCUT2D eigenvalue weighted by Gasteiger charge is 2.25. The molecule has 0 aliphatic carbocycles. The van der Waals surface area contributed by atoms with E-state index in [0.29, 0.717) is 145 Å². The van der Waals surface area contributed by atoms with Crippen LogP contribution in [0.3, 0.4) is 0 Å². The van der Waals surface area contributed by atoms with E-state index in [1.165, 1.54) is 58.3 Å². The number of aliphatic hydroxyl groups excluding tert-OH is 1. The molecule has 0 radical (unpaired) electrons. The molecule has 32 heteroatoms. The average molecular weight is 1520 g/mol. The summed E-state index contributed by atoms with van der Waals surface area (Å²) in [7, 11) is 4.62. The number of carbonyl (C=O) groups excluding carboxylic acids is 6. The Morgan fingerprint density at radius 3 is 1.08 bits per heavy atom. The zero-order chi connectivity index (χ0) is 80.2. The summed E-state index contributed by atoms with van der Waals surface area (Å²) in [4.78, 5) is 66.4. The molecule has 0 rings (SSSR count). The van der Waals surface area contributed by atoms with Crippen LogP contribution in [0.2, 0.25) is 0 Å². The van der Waals surface area contributed by atoms with E-state index in [0.717, 1.165) is 25.9 Å². The molecule has 598 valence electrons. The predicted molar refractivity (Wildman–Crippen MR) is 387 cm³/mol. The van der Waals surface area contributed by atoms with Crippen LogP contribution < -0.4 is 10.2 Å². The number of esters is 5. The number of nitrogens with zero attached hydrogens (tertiary/aromatic N) is 5. The molecular formula is C70H131N5O24S3. The van der Waals surface area contributed by atoms with E-state index in [9.17, 15) is 83.0 Å². The lowest BCUT2D eigenvalue weighted by Gasteiger charge is -2.34. The first-order valence-electron chi connectivity index (χ1n) is 34.4. The van der Waals surface area contributed by atoms with Gasteiger partial charge in [-0.15, -0.1) is 12.3 Å². The normalized spacial score (nSPS) is 12.6. The first-order valence-corrected chi connectivity index (χ1v) is 39.1. The van der Waals surface area contributed by atoms with Crippen LogP contribution in [-0.4, -0.2) is 307 Å². The van der Waals surface area contributed by atoms with E-state index in [-0.39, 0.29) is 72.0 Å². The monoisotopic (exact) mass is 1520 g/mol. The lowest BCUT2D eigenvalue weighted by Crippen LogP contribution is -2.52. The lowest BCUT2D eigenvalue weighted by atomic mass is 10.1. The number of aliphatic carboxylic acids is 1. The molecule has 29 nitrogen and oxygen atoms in total. The molecule has 0 saturated heterocycles. The van der Waals surface area contributed by atoms with Crippen LogP contribution >= 0.6 is 0 Å². The molecule has 0 amide bonds. The highest BCUT2D eigenvalue weighted by Crippen LogP contribution is 2.15. The van der Waals surface area contributed by atoms with Gasteiger partial charge in [0.2, 0.25) is 0 Å². The zero-order valence-corrected chi connectivity index (χ0v) is 67.0. The summed E-state index contributed by atoms with van der Waals surface area (Å²) in [5, 5.41) is 30.8. The molecule has 1 N–H and O–H groups in total. The van der Waals surface area contributed by atoms with Crippen molar-refractivity contribution in [3.8, 4) is 0 Å². The number of ether oxygens (including phenoxy) is 6. The number of hydrogen-bond donors (Lipinski definition) is 1. The van der Waals surface area contributed by atoms with Gasteiger partial charge in [-0.3, -0.25) is 0 Å². The number of quaternary nitrogens is 5. The SMILES string of the molecule is C=C(C)C(=O)OCC(O)C[N+](C)(C)CC(=O)[O-].C=C(C)C(=O)OCCOCC[N+](C)(C)CCCS(=O)(=O)[O-].C=C(C)C(=O)OCC[N+](C)(C)CCCCS(=O)(=O)[O-].C=C(C)C(=O)OCC[N+](C)(CCCCCCCCCCCC)CCCS(=O)(=O)[O-].C=C([O-])CC[N+](C)(C)CCOC(=O)C(=C)C. The van der Waals surface area contributed by atoms with Crippen LogP contribution in [0.4, 0.5) is 0 Å². The van der Waals surface area contributed by atoms with Crippen molar-refractivity contribution in [1.82, 2.24) is 0 Å². The molecule has 0 aliphatic heterocycles. The van der Waals surface area contributed by atoms with Crippen molar-refractivity contribution in [2.24, 2.45) is 0 Å². The Bertz CT molecular complexity index is 2900. The van der Waals surface area contributed by atoms with E-state index in [4.69, 9.17) is 28.4 Å². The Balaban J connectivity index is -0.000000391. The first-order chi connectivity index (χ1) is 46.5. The topological polar surface area (TPSA) is 396 Å². The van der Waals surface area contributed by atoms with Crippen molar-refractivity contribution >= 4 is 66.2 Å². The molecule has 0 aliphatic rings. The Labute approximate surface area is 613 Å². The second-order valence-electron chi connectivity index (χ2n) is 28.6. The third-order valence-corrected chi connectivity index (χ3v) is 17.5. The summed E-state index contributed by atoms with van der Waals surface area (Å²) in [5.41, 5.74) is 1.73. The van der Waals surface area contributed by atoms with Gasteiger partial charge in [-0.05, 0) is 60.3 Å². The van der Waals surface area contributed by atoms with Gasteiger partial charge in [0.25, 0.3) is 0 Å². The number of aliphatic hydroxyl groups is 1. The van der Waals surface area contributed by atoms with Crippen LogP contribution in [0.5, 0.6) is 0 Å². The number of unbranched alkanes of at least 4 members (excludes halogenated alkanes) is 10. The van der Waals surface area contributed by atoms with Crippen molar-refractivity contribution in [3.63, 3.8) is 0 Å². The minimum absolute atomic E-state index is 0.0497. The minimum atomic E-state index is -4.19. The highest BCUT2D eigenvalue weighted by molar-refractivity contribution is 7.86. The van der Waals surface area contributed by atoms with Gasteiger partial charge in [-0.1, -0.05) is 91.2 Å². The molecule has 0 aromatic heterocycles. The number of carbonyl (C=O) groups is 6. The van der Waals surface area contributed by atoms with E-state index in [1.807, 2.05) is 49.3 Å². The Hall–Kier alpha value is -5.49. The van der Waals surface area contributed by atoms with Crippen LogP contribution in [0.1, 0.15) is 138 Å². The number of carboxylic acids is 1. The van der Waals surface area contributed by atoms with Crippen LogP contribution in [0.25, 0.3) is 0 Å². The van der Waals surface area contributed by atoms with E-state index in [2.05, 4.69) is 46.4 Å². The molecule has 0 aromatic rings. The maximum Gasteiger partial charge on any atom is 0.333 e. The van der Waals surface area contributed by atoms with Crippen molar-refractivity contribution in [1.29, 1.82) is 0 Å². The van der Waals surface area contributed by atoms with Gasteiger partial charge >= 0.3 is 29.8 Å². The molecular weight excluding hydrogens is 1390 g/mol. The molecule has 0 bridgehead atoms. The Morgan fingerprint density at radius 1 is 0.382 bits per heavy atom. The fourth-order valence-electron chi connectivity index (χ4n) is 8.75. The maximum absolute atomic E-state index is 11.6. The quantitative estimate of drug-likeness (QED) is 0.0172. The fourth-order valence-corrected chi connectivity index (χ4v) is 10.3. The number of rotatable bonds is 53. The van der Waals surface area contributed by atoms with Gasteiger partial charge in [-0.25, -0.2) is 49.2 Å². The van der Waals surface area contributed by atoms with E-state index in [1.54, 1.807) is 41.8 Å². The molecule has 0 spiro atoms. The van der Waals surface area contributed by atoms with Crippen molar-refractivity contribution in [2.45, 2.75) is 144 Å². The van der Waals surface area contributed by atoms with Crippen LogP contribution in [0.15, 0.2) is 73.1 Å². The molecule has 0 fully saturated rings. The number of hydrogen-bond acceptors (Lipinski definition) is 24. The second-order valence-corrected chi connectivity index (χ2v) is 33.1. The minimum Gasteiger partial charge on any atom is -0.876 e. The molecule has 2 unspecified atom stereocenters. The third kappa shape index (κ3) is 75.7. The third-order valence-electron chi connectivity index (χ3n) is 15.1. The molecule has 2 atom stereocenters. The lowest BCUT2D eigenvalue weighted by molar-refractivity contribution is -0.909. The fraction of sp³-hybridized carbons (Fsp3) is 0.743. The second kappa shape index (κ2) is 55.9. The largest absolute Gasteiger partial charge is 0.876 e. The van der Waals surface area contributed by atoms with Crippen molar-refractivity contribution in [2.75, 3.05) is 199 Å². The summed E-state index contributed by atoms with van der Waals surface area (Å²) < 4.78 is 128. The standard InChI is InChI=1S/C22H43NO5S.C13H25NO6S.C12H23NO5S.C12H21NO3.C11H19NO5/c1-5-6-7-8-9-10-11-12-13-14-16-23(4,17-15-20-29(25,26)27)18-19-28-22(24)21(2)3;1-12(2)13(15)20-10-9-19-8-7-14(3,4)6-5-11-21(16,17)18;1-11(2)12(14)18-9-8-13(3,4)7-5-6-10-19(15,16)17;1-10(2)12(15)16-9-8-13(4,5)7-6-11(3)14;1-8(2)11(16)17-7-9(13)5-12(3,4)6-10(14)15/h2,5-20H2,1,3-4H3;1,5-11H2,2-4H3;1,5-10H2,2-4H3;1,3,6-9H2,2,4-5H3;9,13H,1,5-7H2,2-4H3. The van der Waals surface area contributed by atoms with E-state index < -0.39 is 66.3 Å². The van der Waals surface area contributed by atoms with Crippen molar-refractivity contribution in [3.05, 3.63) is 73.1 Å². The summed E-state index contributed by atoms with van der Waals surface area (Å²) in [5.74, 6) is -4.45. The molecule has 0 aromatic carbocycles. The van der Waals surface area contributed by atoms with Gasteiger partial charge in [0.1, 0.15) is 78.4 Å². The highest BCUT2D eigenvalue weighted by atomic mass is 32.2. The van der Waals surface area contributed by atoms with Gasteiger partial charge in [-0.2, -0.15) is 0 Å². The van der Waals surface area contributed by atoms with Gasteiger partial charge < -0.3 is 84.6 Å². The number of carboxylic acid groups (broad SMARTS) is 1. The number of likely N-dealkylation sites (N-methyl/N-ethyl adjacent to an activating group) is 5. The van der Waals surface area contributed by atoms with Crippen LogP contribution in [0, 0.1) is 0 Å². The smallest absolute Gasteiger partial charge is 0.333 e. The van der Waals surface area contributed by atoms with E-state index >= 15 is 0 Å². The molecule has 102 heavy (non-hydrogen) atoms. The Morgan fingerprint density at radius 2 is 0.696 bits per heavy atom. The Kier molecular flexibility index (Phi) is 57.6. The summed E-state index contributed by atoms with van der Waals surface area (Å²) in [6.07, 6.45) is 13.8. The van der Waals surface area contributed by atoms with Gasteiger partial charge in [0, 0.05) is 64.4 Å². The summed E-state index contributed by atoms with van der Waals surface area (Å²) >= 11 is 0. The zero-order valence-electron chi connectivity index (χ0n) is 64.6. The maximum atomic E-state index is 11.6. The van der Waals surface area contributed by atoms with Gasteiger partial charge in [0.15, 0.2) is 0 Å². The first kappa shape index (κ1) is 105. The predicted octanol–water partition coefficient (Wildman–Crippen LogP) is 3.79. The molecule has 0 saturated carbocycles. The summed E-state index contributed by atoms with van der Waals surface area (Å²) in [6, 6.07) is 0. The van der Waals surface area contributed by atoms with Crippen molar-refractivity contribution < 1.29 is 134 Å². The molecule has 0 heterocycles. The average Bonchev–Trinajstić information content (AvgIpc) is 0.903. The summed E-state index contributed by atoms with van der Waals surface area (Å²) in [6.45, 7) is 38.5. The van der Waals surface area contributed by atoms with Gasteiger partial charge in [0.05, 0.1) is 146 Å². The van der Waals surface area contributed by atoms with Crippen LogP contribution in [-0.2, 0) is 87.5 Å².